The average molecular weight is 246 g/mol. The van der Waals surface area contributed by atoms with Gasteiger partial charge in [0, 0.05) is 38.1 Å². The lowest BCUT2D eigenvalue weighted by molar-refractivity contribution is -0.00839. The first-order valence-corrected chi connectivity index (χ1v) is 6.31. The Morgan fingerprint density at radius 1 is 1.44 bits per heavy atom. The molecule has 2 N–H and O–H groups in total. The zero-order valence-electron chi connectivity index (χ0n) is 10.3. The van der Waals surface area contributed by atoms with E-state index in [0.29, 0.717) is 12.6 Å². The van der Waals surface area contributed by atoms with Gasteiger partial charge in [-0.15, -0.1) is 0 Å². The highest BCUT2D eigenvalue weighted by atomic mass is 16.5. The molecule has 1 unspecified atom stereocenters. The molecule has 0 radical (unpaired) electrons. The van der Waals surface area contributed by atoms with Gasteiger partial charge in [-0.1, -0.05) is 6.07 Å². The number of ether oxygens (including phenoxy) is 1. The van der Waals surface area contributed by atoms with Crippen LogP contribution >= 0.6 is 0 Å². The summed E-state index contributed by atoms with van der Waals surface area (Å²) in [5.41, 5.74) is 7.85. The van der Waals surface area contributed by atoms with Crippen LogP contribution in [0.2, 0.25) is 0 Å². The van der Waals surface area contributed by atoms with E-state index >= 15 is 0 Å². The maximum Gasteiger partial charge on any atom is 0.137 e. The lowest BCUT2D eigenvalue weighted by Crippen LogP contribution is -2.48. The van der Waals surface area contributed by atoms with Crippen molar-refractivity contribution in [2.45, 2.75) is 12.6 Å². The summed E-state index contributed by atoms with van der Waals surface area (Å²) in [6, 6.07) is 6.34. The van der Waals surface area contributed by atoms with Crippen LogP contribution in [0, 0.1) is 0 Å². The highest BCUT2D eigenvalue weighted by molar-refractivity contribution is 5.39. The number of nitrogens with two attached hydrogens (primary N) is 1. The van der Waals surface area contributed by atoms with Crippen molar-refractivity contribution in [2.24, 2.45) is 5.73 Å². The third kappa shape index (κ3) is 2.25. The molecule has 1 aliphatic heterocycles. The Morgan fingerprint density at radius 3 is 3.22 bits per heavy atom. The zero-order valence-corrected chi connectivity index (χ0v) is 10.3. The fourth-order valence-electron chi connectivity index (χ4n) is 2.39. The monoisotopic (exact) mass is 246 g/mol. The number of imidazole rings is 1. The Labute approximate surface area is 106 Å². The molecule has 5 heteroatoms. The molecule has 5 nitrogen and oxygen atoms in total. The number of rotatable bonds is 3. The van der Waals surface area contributed by atoms with Gasteiger partial charge in [0.15, 0.2) is 0 Å². The molecule has 1 fully saturated rings. The van der Waals surface area contributed by atoms with Gasteiger partial charge in [-0.05, 0) is 12.1 Å². The Morgan fingerprint density at radius 2 is 2.39 bits per heavy atom. The van der Waals surface area contributed by atoms with E-state index in [1.807, 2.05) is 28.8 Å². The largest absolute Gasteiger partial charge is 0.378 e. The first kappa shape index (κ1) is 11.6. The molecular formula is C13H18N4O. The fraction of sp³-hybridized carbons (Fsp3) is 0.462. The van der Waals surface area contributed by atoms with Gasteiger partial charge in [-0.3, -0.25) is 4.90 Å². The molecule has 1 atom stereocenters. The lowest BCUT2D eigenvalue weighted by Gasteiger charge is -2.34. The van der Waals surface area contributed by atoms with E-state index in [0.717, 1.165) is 37.6 Å². The van der Waals surface area contributed by atoms with E-state index in [9.17, 15) is 0 Å². The highest BCUT2D eigenvalue weighted by Gasteiger charge is 2.22. The molecule has 1 saturated heterocycles. The van der Waals surface area contributed by atoms with Crippen molar-refractivity contribution in [3.05, 3.63) is 36.3 Å². The van der Waals surface area contributed by atoms with Crippen LogP contribution in [0.25, 0.3) is 5.65 Å². The standard InChI is InChI=1S/C13H18N4O/c14-7-12-10-18-6-5-16(12)8-11-9-17-4-2-1-3-13(17)15-11/h1-4,9,12H,5-8,10,14H2. The normalized spacial score (nSPS) is 21.5. The summed E-state index contributed by atoms with van der Waals surface area (Å²) in [7, 11) is 0. The van der Waals surface area contributed by atoms with Crippen LogP contribution < -0.4 is 5.73 Å². The Kier molecular flexibility index (Phi) is 3.27. The topological polar surface area (TPSA) is 55.8 Å². The number of hydrogen-bond donors (Lipinski definition) is 1. The number of pyridine rings is 1. The SMILES string of the molecule is NCC1COCCN1Cc1cn2ccccc2n1. The molecule has 0 amide bonds. The molecule has 2 aromatic rings. The summed E-state index contributed by atoms with van der Waals surface area (Å²) < 4.78 is 7.50. The number of fused-ring (bicyclic) bond motifs is 1. The van der Waals surface area contributed by atoms with Crippen molar-refractivity contribution in [3.63, 3.8) is 0 Å². The van der Waals surface area contributed by atoms with Crippen LogP contribution in [0.4, 0.5) is 0 Å². The van der Waals surface area contributed by atoms with E-state index in [2.05, 4.69) is 16.1 Å². The van der Waals surface area contributed by atoms with Crippen molar-refractivity contribution in [2.75, 3.05) is 26.3 Å². The molecule has 0 spiro atoms. The van der Waals surface area contributed by atoms with Gasteiger partial charge >= 0.3 is 0 Å². The predicted molar refractivity (Wildman–Crippen MR) is 69.3 cm³/mol. The molecule has 0 bridgehead atoms. The summed E-state index contributed by atoms with van der Waals surface area (Å²) >= 11 is 0. The summed E-state index contributed by atoms with van der Waals surface area (Å²) in [5, 5.41) is 0. The first-order valence-electron chi connectivity index (χ1n) is 6.31. The van der Waals surface area contributed by atoms with Crippen LogP contribution in [-0.4, -0.2) is 46.6 Å². The Bertz CT molecular complexity index is 491. The van der Waals surface area contributed by atoms with Gasteiger partial charge in [0.1, 0.15) is 5.65 Å². The average Bonchev–Trinajstić information content (AvgIpc) is 2.81. The lowest BCUT2D eigenvalue weighted by atomic mass is 10.2. The van der Waals surface area contributed by atoms with Gasteiger partial charge < -0.3 is 14.9 Å². The van der Waals surface area contributed by atoms with Crippen LogP contribution in [0.1, 0.15) is 5.69 Å². The maximum absolute atomic E-state index is 5.78. The van der Waals surface area contributed by atoms with Crippen molar-refractivity contribution in [1.82, 2.24) is 14.3 Å². The molecule has 0 saturated carbocycles. The maximum atomic E-state index is 5.78. The minimum Gasteiger partial charge on any atom is -0.378 e. The number of morpholine rings is 1. The van der Waals surface area contributed by atoms with Gasteiger partial charge in [0.05, 0.1) is 18.9 Å². The number of aromatic nitrogens is 2. The zero-order chi connectivity index (χ0) is 12.4. The molecule has 3 rings (SSSR count). The van der Waals surface area contributed by atoms with Crippen molar-refractivity contribution < 1.29 is 4.74 Å². The number of hydrogen-bond acceptors (Lipinski definition) is 4. The third-order valence-corrected chi connectivity index (χ3v) is 3.40. The quantitative estimate of drug-likeness (QED) is 0.856. The van der Waals surface area contributed by atoms with E-state index in [1.54, 1.807) is 0 Å². The molecular weight excluding hydrogens is 228 g/mol. The summed E-state index contributed by atoms with van der Waals surface area (Å²) in [5.74, 6) is 0. The van der Waals surface area contributed by atoms with E-state index in [1.165, 1.54) is 0 Å². The second-order valence-electron chi connectivity index (χ2n) is 4.63. The minimum absolute atomic E-state index is 0.309. The van der Waals surface area contributed by atoms with Crippen molar-refractivity contribution >= 4 is 5.65 Å². The van der Waals surface area contributed by atoms with E-state index in [-0.39, 0.29) is 0 Å². The molecule has 1 aliphatic rings. The second-order valence-corrected chi connectivity index (χ2v) is 4.63. The molecule has 0 aliphatic carbocycles. The van der Waals surface area contributed by atoms with E-state index < -0.39 is 0 Å². The van der Waals surface area contributed by atoms with Gasteiger partial charge in [0.25, 0.3) is 0 Å². The van der Waals surface area contributed by atoms with Crippen LogP contribution in [0.5, 0.6) is 0 Å². The highest BCUT2D eigenvalue weighted by Crippen LogP contribution is 2.12. The van der Waals surface area contributed by atoms with Gasteiger partial charge in [-0.2, -0.15) is 0 Å². The molecule has 0 aromatic carbocycles. The van der Waals surface area contributed by atoms with E-state index in [4.69, 9.17) is 10.5 Å². The minimum atomic E-state index is 0.309. The summed E-state index contributed by atoms with van der Waals surface area (Å²) in [6.45, 7) is 3.91. The van der Waals surface area contributed by atoms with Crippen molar-refractivity contribution in [3.8, 4) is 0 Å². The first-order chi connectivity index (χ1) is 8.86. The molecule has 96 valence electrons. The predicted octanol–water partition coefficient (Wildman–Crippen LogP) is 0.494. The fourth-order valence-corrected chi connectivity index (χ4v) is 2.39. The Balaban J connectivity index is 1.78. The van der Waals surface area contributed by atoms with Gasteiger partial charge in [-0.25, -0.2) is 4.98 Å². The van der Waals surface area contributed by atoms with Crippen molar-refractivity contribution in [1.29, 1.82) is 0 Å². The van der Waals surface area contributed by atoms with Crippen LogP contribution in [0.15, 0.2) is 30.6 Å². The number of nitrogens with zero attached hydrogens (tertiary/aromatic N) is 3. The van der Waals surface area contributed by atoms with Gasteiger partial charge in [0.2, 0.25) is 0 Å². The smallest absolute Gasteiger partial charge is 0.137 e. The Hall–Kier alpha value is -1.43. The summed E-state index contributed by atoms with van der Waals surface area (Å²) in [6.07, 6.45) is 4.10. The van der Waals surface area contributed by atoms with Crippen LogP contribution in [-0.2, 0) is 11.3 Å². The third-order valence-electron chi connectivity index (χ3n) is 3.40. The molecule has 2 aromatic heterocycles. The molecule has 3 heterocycles. The molecule has 18 heavy (non-hydrogen) atoms. The summed E-state index contributed by atoms with van der Waals surface area (Å²) in [4.78, 5) is 6.97. The van der Waals surface area contributed by atoms with Crippen LogP contribution in [0.3, 0.4) is 0 Å². The second kappa shape index (κ2) is 5.06.